The summed E-state index contributed by atoms with van der Waals surface area (Å²) < 4.78 is 19.9. The van der Waals surface area contributed by atoms with Crippen LogP contribution < -0.4 is 34.5 Å². The summed E-state index contributed by atoms with van der Waals surface area (Å²) >= 11 is 0. The maximum Gasteiger partial charge on any atom is 1.00 e. The van der Waals surface area contributed by atoms with Crippen LogP contribution in [-0.2, 0) is 18.8 Å². The molecule has 0 fully saturated rings. The smallest absolute Gasteiger partial charge is 0.594 e. The summed E-state index contributed by atoms with van der Waals surface area (Å²) in [4.78, 5) is 33.9. The third-order valence-corrected chi connectivity index (χ3v) is 2.28. The molecule has 0 aliphatic heterocycles. The molecule has 0 heterocycles. The Labute approximate surface area is 129 Å². The van der Waals surface area contributed by atoms with Crippen LogP contribution in [0.1, 0.15) is 20.3 Å². The van der Waals surface area contributed by atoms with Crippen molar-refractivity contribution in [3.05, 3.63) is 0 Å². The molecule has 0 aromatic heterocycles. The first kappa shape index (κ1) is 20.1. The molecule has 1 unspecified atom stereocenters. The fourth-order valence-corrected chi connectivity index (χ4v) is 1.57. The van der Waals surface area contributed by atoms with E-state index in [1.165, 1.54) is 0 Å². The van der Waals surface area contributed by atoms with Crippen LogP contribution in [0.25, 0.3) is 0 Å². The first-order valence-electron chi connectivity index (χ1n) is 5.20. The number of esters is 1. The fraction of sp³-hybridized carbons (Fsp3) is 0.778. The minimum atomic E-state index is -2.75. The van der Waals surface area contributed by atoms with Crippen LogP contribution in [0.5, 0.6) is 0 Å². The molecule has 0 aromatic rings. The molecule has 0 aliphatic carbocycles. The van der Waals surface area contributed by atoms with Crippen LogP contribution in [0.4, 0.5) is 4.79 Å². The molecule has 0 radical (unpaired) electrons. The van der Waals surface area contributed by atoms with Gasteiger partial charge in [0.1, 0.15) is 0 Å². The van der Waals surface area contributed by atoms with Gasteiger partial charge in [0, 0.05) is 6.54 Å². The SMILES string of the molecule is CCOC(=O)CCN(C[P+](=O)[O-])C(=O)OCC.[Na+]. The standard InChI is InChI=1S/C9H16NO6P.Na/c1-3-15-8(11)5-6-10(7-17(13)14)9(12)16-4-2;/h3-7H2,1-2H3;/q;+1. The molecule has 0 aliphatic rings. The van der Waals surface area contributed by atoms with Crippen molar-refractivity contribution < 1.29 is 58.1 Å². The topological polar surface area (TPSA) is 96.0 Å². The van der Waals surface area contributed by atoms with Gasteiger partial charge in [-0.05, 0) is 13.8 Å². The number of carbonyl (C=O) groups excluding carboxylic acids is 2. The predicted molar refractivity (Wildman–Crippen MR) is 57.5 cm³/mol. The first-order valence-corrected chi connectivity index (χ1v) is 6.56. The number of hydrogen-bond acceptors (Lipinski definition) is 6. The van der Waals surface area contributed by atoms with Crippen molar-refractivity contribution in [2.75, 3.05) is 26.0 Å². The number of nitrogens with zero attached hydrogens (tertiary/aromatic N) is 1. The van der Waals surface area contributed by atoms with Gasteiger partial charge in [0.25, 0.3) is 0 Å². The van der Waals surface area contributed by atoms with Crippen LogP contribution in [0, 0.1) is 0 Å². The van der Waals surface area contributed by atoms with Crippen molar-refractivity contribution >= 4 is 20.1 Å². The van der Waals surface area contributed by atoms with Gasteiger partial charge < -0.3 is 14.4 Å². The summed E-state index contributed by atoms with van der Waals surface area (Å²) in [5, 5.41) is 0. The van der Waals surface area contributed by atoms with E-state index in [-0.39, 0.29) is 55.7 Å². The first-order chi connectivity index (χ1) is 8.01. The van der Waals surface area contributed by atoms with Crippen molar-refractivity contribution in [3.63, 3.8) is 0 Å². The zero-order chi connectivity index (χ0) is 13.3. The monoisotopic (exact) mass is 288 g/mol. The number of rotatable bonds is 7. The van der Waals surface area contributed by atoms with E-state index in [0.717, 1.165) is 4.90 Å². The van der Waals surface area contributed by atoms with E-state index in [1.807, 2.05) is 0 Å². The molecule has 0 N–H and O–H groups in total. The van der Waals surface area contributed by atoms with Gasteiger partial charge in [0.2, 0.25) is 6.29 Å². The third-order valence-electron chi connectivity index (χ3n) is 1.70. The molecule has 0 bridgehead atoms. The molecule has 98 valence electrons. The Balaban J connectivity index is 0. The molecular formula is C9H16NNaO6P+. The van der Waals surface area contributed by atoms with Gasteiger partial charge in [-0.25, -0.2) is 4.79 Å². The molecule has 0 aromatic carbocycles. The normalized spacial score (nSPS) is 10.1. The van der Waals surface area contributed by atoms with Crippen molar-refractivity contribution in [2.45, 2.75) is 20.3 Å². The van der Waals surface area contributed by atoms with E-state index < -0.39 is 26.4 Å². The van der Waals surface area contributed by atoms with Crippen LogP contribution in [0.15, 0.2) is 0 Å². The summed E-state index contributed by atoms with van der Waals surface area (Å²) in [6.07, 6.45) is -1.28. The van der Waals surface area contributed by atoms with Crippen molar-refractivity contribution in [3.8, 4) is 0 Å². The van der Waals surface area contributed by atoms with Crippen molar-refractivity contribution in [1.29, 1.82) is 0 Å². The molecule has 9 heteroatoms. The van der Waals surface area contributed by atoms with Crippen LogP contribution >= 0.6 is 8.03 Å². The minimum absolute atomic E-state index is 0. The Morgan fingerprint density at radius 1 is 1.22 bits per heavy atom. The average Bonchev–Trinajstić information content (AvgIpc) is 2.24. The van der Waals surface area contributed by atoms with Gasteiger partial charge in [-0.15, -0.1) is 0 Å². The molecule has 7 nitrogen and oxygen atoms in total. The third kappa shape index (κ3) is 9.79. The van der Waals surface area contributed by atoms with E-state index in [1.54, 1.807) is 13.8 Å². The van der Waals surface area contributed by atoms with Gasteiger partial charge >= 0.3 is 49.6 Å². The Kier molecular flexibility index (Phi) is 13.3. The second-order valence-electron chi connectivity index (χ2n) is 2.99. The second-order valence-corrected chi connectivity index (χ2v) is 3.94. The van der Waals surface area contributed by atoms with Crippen LogP contribution in [0.2, 0.25) is 0 Å². The molecule has 0 saturated heterocycles. The molecule has 0 spiro atoms. The van der Waals surface area contributed by atoms with Gasteiger partial charge in [-0.2, -0.15) is 0 Å². The number of hydrogen-bond donors (Lipinski definition) is 0. The average molecular weight is 288 g/mol. The molecule has 18 heavy (non-hydrogen) atoms. The zero-order valence-corrected chi connectivity index (χ0v) is 13.8. The van der Waals surface area contributed by atoms with E-state index in [2.05, 4.69) is 9.47 Å². The van der Waals surface area contributed by atoms with E-state index >= 15 is 0 Å². The van der Waals surface area contributed by atoms with Gasteiger partial charge in [0.05, 0.1) is 19.6 Å². The Morgan fingerprint density at radius 2 is 1.78 bits per heavy atom. The van der Waals surface area contributed by atoms with Crippen LogP contribution in [-0.4, -0.2) is 43.0 Å². The van der Waals surface area contributed by atoms with E-state index in [4.69, 9.17) is 0 Å². The van der Waals surface area contributed by atoms with E-state index in [0.29, 0.717) is 0 Å². The minimum Gasteiger partial charge on any atom is -0.594 e. The van der Waals surface area contributed by atoms with Gasteiger partial charge in [-0.1, -0.05) is 4.57 Å². The Bertz CT molecular complexity index is 288. The summed E-state index contributed by atoms with van der Waals surface area (Å²) in [5.41, 5.74) is 0. The van der Waals surface area contributed by atoms with E-state index in [9.17, 15) is 19.0 Å². The number of amides is 1. The molecule has 1 atom stereocenters. The summed E-state index contributed by atoms with van der Waals surface area (Å²) in [5.74, 6) is -0.483. The number of ether oxygens (including phenoxy) is 2. The Hall–Kier alpha value is -0.200. The molecule has 0 saturated carbocycles. The van der Waals surface area contributed by atoms with Crippen LogP contribution in [0.3, 0.4) is 0 Å². The largest absolute Gasteiger partial charge is 1.00 e. The summed E-state index contributed by atoms with van der Waals surface area (Å²) in [6.45, 7) is 3.62. The van der Waals surface area contributed by atoms with Gasteiger partial charge in [-0.3, -0.25) is 9.69 Å². The fourth-order valence-electron chi connectivity index (χ4n) is 1.03. The zero-order valence-electron chi connectivity index (χ0n) is 10.9. The Morgan fingerprint density at radius 3 is 2.22 bits per heavy atom. The maximum absolute atomic E-state index is 11.3. The van der Waals surface area contributed by atoms with Crippen molar-refractivity contribution in [2.24, 2.45) is 0 Å². The quantitative estimate of drug-likeness (QED) is 0.291. The summed E-state index contributed by atoms with van der Waals surface area (Å²) in [7, 11) is -2.75. The maximum atomic E-state index is 11.3. The van der Waals surface area contributed by atoms with Gasteiger partial charge in [0.15, 0.2) is 0 Å². The second kappa shape index (κ2) is 11.9. The molecule has 1 amide bonds. The number of carbonyl (C=O) groups is 2. The van der Waals surface area contributed by atoms with Crippen molar-refractivity contribution in [1.82, 2.24) is 4.90 Å². The molecular weight excluding hydrogens is 272 g/mol. The summed E-state index contributed by atoms with van der Waals surface area (Å²) in [6, 6.07) is 0. The molecule has 0 rings (SSSR count). The predicted octanol–water partition coefficient (Wildman–Crippen LogP) is -2.54.